The van der Waals surface area contributed by atoms with Gasteiger partial charge in [-0.2, -0.15) is 0 Å². The van der Waals surface area contributed by atoms with E-state index in [1.807, 2.05) is 0 Å². The summed E-state index contributed by atoms with van der Waals surface area (Å²) in [4.78, 5) is 23.2. The molecule has 0 aliphatic heterocycles. The molecule has 2 rings (SSSR count). The van der Waals surface area contributed by atoms with Crippen LogP contribution in [0.2, 0.25) is 10.0 Å². The minimum absolute atomic E-state index is 0.105. The highest BCUT2D eigenvalue weighted by Gasteiger charge is 2.30. The SMILES string of the molecule is O=C(O)C1CCCC(C(=O)NCc2ccc(Cl)cc2Cl)C1. The van der Waals surface area contributed by atoms with Crippen molar-refractivity contribution in [2.45, 2.75) is 32.2 Å². The largest absolute Gasteiger partial charge is 0.481 e. The van der Waals surface area contributed by atoms with Crippen LogP contribution in [0.3, 0.4) is 0 Å². The zero-order valence-corrected chi connectivity index (χ0v) is 13.0. The number of hydrogen-bond donors (Lipinski definition) is 2. The van der Waals surface area contributed by atoms with Crippen molar-refractivity contribution in [1.82, 2.24) is 5.32 Å². The molecule has 0 bridgehead atoms. The fourth-order valence-electron chi connectivity index (χ4n) is 2.64. The topological polar surface area (TPSA) is 66.4 Å². The maximum atomic E-state index is 12.1. The lowest BCUT2D eigenvalue weighted by Crippen LogP contribution is -2.35. The number of benzene rings is 1. The number of nitrogens with one attached hydrogen (secondary N) is 1. The number of carboxylic acid groups (broad SMARTS) is 1. The molecule has 1 aliphatic rings. The first-order valence-electron chi connectivity index (χ1n) is 6.92. The van der Waals surface area contributed by atoms with E-state index in [0.29, 0.717) is 29.4 Å². The van der Waals surface area contributed by atoms with Crippen LogP contribution in [0.5, 0.6) is 0 Å². The summed E-state index contributed by atoms with van der Waals surface area (Å²) < 4.78 is 0. The van der Waals surface area contributed by atoms with Gasteiger partial charge in [-0.1, -0.05) is 35.7 Å². The van der Waals surface area contributed by atoms with Gasteiger partial charge in [0.05, 0.1) is 5.92 Å². The molecule has 1 amide bonds. The van der Waals surface area contributed by atoms with Gasteiger partial charge in [0.15, 0.2) is 0 Å². The van der Waals surface area contributed by atoms with Crippen LogP contribution >= 0.6 is 23.2 Å². The van der Waals surface area contributed by atoms with Gasteiger partial charge in [-0.25, -0.2) is 0 Å². The number of halogens is 2. The fraction of sp³-hybridized carbons (Fsp3) is 0.467. The molecule has 2 unspecified atom stereocenters. The quantitative estimate of drug-likeness (QED) is 0.888. The van der Waals surface area contributed by atoms with Crippen molar-refractivity contribution in [3.05, 3.63) is 33.8 Å². The molecular formula is C15H17Cl2NO3. The van der Waals surface area contributed by atoms with Gasteiger partial charge < -0.3 is 10.4 Å². The summed E-state index contributed by atoms with van der Waals surface area (Å²) in [7, 11) is 0. The summed E-state index contributed by atoms with van der Waals surface area (Å²) in [6.07, 6.45) is 2.58. The highest BCUT2D eigenvalue weighted by Crippen LogP contribution is 2.29. The Morgan fingerprint density at radius 1 is 1.24 bits per heavy atom. The molecule has 0 heterocycles. The molecular weight excluding hydrogens is 313 g/mol. The Kier molecular flexibility index (Phi) is 5.48. The molecule has 6 heteroatoms. The van der Waals surface area contributed by atoms with Crippen LogP contribution in [0.1, 0.15) is 31.2 Å². The fourth-order valence-corrected chi connectivity index (χ4v) is 3.12. The third-order valence-electron chi connectivity index (χ3n) is 3.86. The minimum Gasteiger partial charge on any atom is -0.481 e. The zero-order valence-electron chi connectivity index (χ0n) is 11.4. The van der Waals surface area contributed by atoms with Crippen molar-refractivity contribution < 1.29 is 14.7 Å². The zero-order chi connectivity index (χ0) is 15.4. The molecule has 4 nitrogen and oxygen atoms in total. The highest BCUT2D eigenvalue weighted by atomic mass is 35.5. The Labute approximate surface area is 133 Å². The van der Waals surface area contributed by atoms with E-state index < -0.39 is 11.9 Å². The second kappa shape index (κ2) is 7.14. The molecule has 114 valence electrons. The van der Waals surface area contributed by atoms with Crippen molar-refractivity contribution in [3.63, 3.8) is 0 Å². The summed E-state index contributed by atoms with van der Waals surface area (Å²) in [6.45, 7) is 0.322. The predicted molar refractivity (Wildman–Crippen MR) is 81.4 cm³/mol. The summed E-state index contributed by atoms with van der Waals surface area (Å²) >= 11 is 11.9. The van der Waals surface area contributed by atoms with Crippen LogP contribution in [0.25, 0.3) is 0 Å². The van der Waals surface area contributed by atoms with Gasteiger partial charge in [-0.15, -0.1) is 0 Å². The molecule has 0 radical (unpaired) electrons. The number of carbonyl (C=O) groups is 2. The number of carboxylic acids is 1. The number of carbonyl (C=O) groups excluding carboxylic acids is 1. The summed E-state index contributed by atoms with van der Waals surface area (Å²) in [6, 6.07) is 5.12. The van der Waals surface area contributed by atoms with Crippen LogP contribution in [0, 0.1) is 11.8 Å². The first-order valence-corrected chi connectivity index (χ1v) is 7.67. The lowest BCUT2D eigenvalue weighted by atomic mass is 9.81. The number of hydrogen-bond acceptors (Lipinski definition) is 2. The van der Waals surface area contributed by atoms with Crippen molar-refractivity contribution in [1.29, 1.82) is 0 Å². The van der Waals surface area contributed by atoms with Gasteiger partial charge in [0.1, 0.15) is 0 Å². The summed E-state index contributed by atoms with van der Waals surface area (Å²) in [5, 5.41) is 12.9. The van der Waals surface area contributed by atoms with E-state index in [9.17, 15) is 9.59 Å². The second-order valence-electron chi connectivity index (χ2n) is 5.35. The van der Waals surface area contributed by atoms with Gasteiger partial charge in [-0.3, -0.25) is 9.59 Å². The Morgan fingerprint density at radius 3 is 2.62 bits per heavy atom. The van der Waals surface area contributed by atoms with Crippen molar-refractivity contribution in [2.75, 3.05) is 0 Å². The molecule has 2 N–H and O–H groups in total. The van der Waals surface area contributed by atoms with Gasteiger partial charge in [0.25, 0.3) is 0 Å². The van der Waals surface area contributed by atoms with E-state index in [2.05, 4.69) is 5.32 Å². The standard InChI is InChI=1S/C15H17Cl2NO3/c16-12-5-4-11(13(17)7-12)8-18-14(19)9-2-1-3-10(6-9)15(20)21/h4-5,7,9-10H,1-3,6,8H2,(H,18,19)(H,20,21). The van der Waals surface area contributed by atoms with E-state index in [-0.39, 0.29) is 11.8 Å². The number of aliphatic carboxylic acids is 1. The maximum Gasteiger partial charge on any atom is 0.306 e. The van der Waals surface area contributed by atoms with Crippen molar-refractivity contribution in [3.8, 4) is 0 Å². The van der Waals surface area contributed by atoms with Gasteiger partial charge in [0.2, 0.25) is 5.91 Å². The predicted octanol–water partition coefficient (Wildman–Crippen LogP) is 3.50. The third-order valence-corrected chi connectivity index (χ3v) is 4.45. The molecule has 1 aromatic rings. The van der Waals surface area contributed by atoms with E-state index in [1.165, 1.54) is 0 Å². The maximum absolute atomic E-state index is 12.1. The second-order valence-corrected chi connectivity index (χ2v) is 6.20. The van der Waals surface area contributed by atoms with Crippen LogP contribution < -0.4 is 5.32 Å². The molecule has 0 saturated heterocycles. The highest BCUT2D eigenvalue weighted by molar-refractivity contribution is 6.35. The molecule has 1 aliphatic carbocycles. The smallest absolute Gasteiger partial charge is 0.306 e. The lowest BCUT2D eigenvalue weighted by Gasteiger charge is -2.25. The monoisotopic (exact) mass is 329 g/mol. The number of rotatable bonds is 4. The summed E-state index contributed by atoms with van der Waals surface area (Å²) in [5.41, 5.74) is 0.792. The first-order chi connectivity index (χ1) is 9.97. The van der Waals surface area contributed by atoms with Crippen LogP contribution in [0.15, 0.2) is 18.2 Å². The molecule has 21 heavy (non-hydrogen) atoms. The van der Waals surface area contributed by atoms with Crippen LogP contribution in [-0.2, 0) is 16.1 Å². The normalized spacial score (nSPS) is 21.8. The minimum atomic E-state index is -0.812. The van der Waals surface area contributed by atoms with Crippen molar-refractivity contribution in [2.24, 2.45) is 11.8 Å². The Hall–Kier alpha value is -1.26. The van der Waals surface area contributed by atoms with Gasteiger partial charge in [-0.05, 0) is 37.0 Å². The van der Waals surface area contributed by atoms with Crippen molar-refractivity contribution >= 4 is 35.1 Å². The van der Waals surface area contributed by atoms with Crippen LogP contribution in [0.4, 0.5) is 0 Å². The molecule has 1 aromatic carbocycles. The average molecular weight is 330 g/mol. The molecule has 0 spiro atoms. The molecule has 2 atom stereocenters. The van der Waals surface area contributed by atoms with E-state index in [4.69, 9.17) is 28.3 Å². The van der Waals surface area contributed by atoms with Crippen LogP contribution in [-0.4, -0.2) is 17.0 Å². The lowest BCUT2D eigenvalue weighted by molar-refractivity contribution is -0.144. The van der Waals surface area contributed by atoms with Gasteiger partial charge in [0, 0.05) is 22.5 Å². The Balaban J connectivity index is 1.90. The van der Waals surface area contributed by atoms with E-state index in [1.54, 1.807) is 18.2 Å². The van der Waals surface area contributed by atoms with Gasteiger partial charge >= 0.3 is 5.97 Å². The molecule has 0 aromatic heterocycles. The van der Waals surface area contributed by atoms with E-state index >= 15 is 0 Å². The number of amides is 1. The third kappa shape index (κ3) is 4.35. The first kappa shape index (κ1) is 16.1. The Bertz CT molecular complexity index is 548. The molecule has 1 fully saturated rings. The molecule has 1 saturated carbocycles. The van der Waals surface area contributed by atoms with E-state index in [0.717, 1.165) is 18.4 Å². The summed E-state index contributed by atoms with van der Waals surface area (Å²) in [5.74, 6) is -1.56. The Morgan fingerprint density at radius 2 is 1.95 bits per heavy atom. The average Bonchev–Trinajstić information content (AvgIpc) is 2.46.